The Hall–Kier alpha value is -1.07. The van der Waals surface area contributed by atoms with Crippen molar-refractivity contribution in [2.24, 2.45) is 5.14 Å². The van der Waals surface area contributed by atoms with Gasteiger partial charge in [0.2, 0.25) is 10.0 Å². The molecule has 0 saturated carbocycles. The summed E-state index contributed by atoms with van der Waals surface area (Å²) < 4.78 is 26.8. The molecule has 0 unspecified atom stereocenters. The second kappa shape index (κ2) is 6.61. The van der Waals surface area contributed by atoms with Gasteiger partial charge in [0.25, 0.3) is 0 Å². The number of benzene rings is 1. The van der Waals surface area contributed by atoms with Gasteiger partial charge in [-0.1, -0.05) is 25.5 Å². The Kier molecular flexibility index (Phi) is 5.44. The summed E-state index contributed by atoms with van der Waals surface area (Å²) in [4.78, 5) is 0. The van der Waals surface area contributed by atoms with Crippen molar-refractivity contribution in [1.29, 1.82) is 0 Å². The minimum atomic E-state index is -3.37. The second-order valence-corrected chi connectivity index (χ2v) is 5.70. The Morgan fingerprint density at radius 1 is 1.24 bits per heavy atom. The smallest absolute Gasteiger partial charge is 0.209 e. The largest absolute Gasteiger partial charge is 0.494 e. The van der Waals surface area contributed by atoms with Crippen molar-refractivity contribution in [2.45, 2.75) is 26.2 Å². The second-order valence-electron chi connectivity index (χ2n) is 3.96. The molecule has 0 aliphatic heterocycles. The van der Waals surface area contributed by atoms with Crippen LogP contribution < -0.4 is 9.88 Å². The fourth-order valence-corrected chi connectivity index (χ4v) is 2.01. The number of nitrogens with two attached hydrogens (primary N) is 1. The molecule has 0 fully saturated rings. The first-order valence-corrected chi connectivity index (χ1v) is 7.45. The molecule has 0 heterocycles. The zero-order valence-corrected chi connectivity index (χ0v) is 10.9. The van der Waals surface area contributed by atoms with Crippen molar-refractivity contribution in [3.8, 4) is 5.75 Å². The monoisotopic (exact) mass is 257 g/mol. The Morgan fingerprint density at radius 2 is 1.88 bits per heavy atom. The van der Waals surface area contributed by atoms with Crippen molar-refractivity contribution in [2.75, 3.05) is 12.4 Å². The van der Waals surface area contributed by atoms with E-state index in [1.807, 2.05) is 24.3 Å². The van der Waals surface area contributed by atoms with E-state index in [0.717, 1.165) is 18.6 Å². The SMILES string of the molecule is CCCc1ccc(OCCCS(N)(=O)=O)cc1. The van der Waals surface area contributed by atoms with Crippen molar-refractivity contribution < 1.29 is 13.2 Å². The topological polar surface area (TPSA) is 69.4 Å². The summed E-state index contributed by atoms with van der Waals surface area (Å²) in [5.74, 6) is 0.722. The number of primary sulfonamides is 1. The molecule has 0 aromatic heterocycles. The molecule has 0 saturated heterocycles. The van der Waals surface area contributed by atoms with Gasteiger partial charge >= 0.3 is 0 Å². The first kappa shape index (κ1) is 14.0. The van der Waals surface area contributed by atoms with E-state index >= 15 is 0 Å². The van der Waals surface area contributed by atoms with Crippen LogP contribution in [0.25, 0.3) is 0 Å². The molecular formula is C12H19NO3S. The van der Waals surface area contributed by atoms with Crippen LogP contribution >= 0.6 is 0 Å². The Morgan fingerprint density at radius 3 is 2.41 bits per heavy atom. The maximum absolute atomic E-state index is 10.7. The highest BCUT2D eigenvalue weighted by Crippen LogP contribution is 2.13. The molecule has 0 spiro atoms. The maximum Gasteiger partial charge on any atom is 0.209 e. The van der Waals surface area contributed by atoms with Gasteiger partial charge in [0.15, 0.2) is 0 Å². The molecule has 1 aromatic rings. The van der Waals surface area contributed by atoms with Crippen molar-refractivity contribution in [3.63, 3.8) is 0 Å². The van der Waals surface area contributed by atoms with E-state index in [-0.39, 0.29) is 5.75 Å². The fourth-order valence-electron chi connectivity index (χ4n) is 1.49. The lowest BCUT2D eigenvalue weighted by molar-refractivity contribution is 0.317. The lowest BCUT2D eigenvalue weighted by Crippen LogP contribution is -2.18. The van der Waals surface area contributed by atoms with Gasteiger partial charge in [-0.15, -0.1) is 0 Å². The molecule has 0 bridgehead atoms. The molecule has 0 atom stereocenters. The van der Waals surface area contributed by atoms with Crippen molar-refractivity contribution in [1.82, 2.24) is 0 Å². The quantitative estimate of drug-likeness (QED) is 0.756. The van der Waals surface area contributed by atoms with Crippen LogP contribution in [0.15, 0.2) is 24.3 Å². The molecule has 0 aliphatic carbocycles. The van der Waals surface area contributed by atoms with Gasteiger partial charge in [-0.05, 0) is 30.5 Å². The number of ether oxygens (including phenoxy) is 1. The molecule has 5 heteroatoms. The zero-order chi connectivity index (χ0) is 12.7. The van der Waals surface area contributed by atoms with Crippen LogP contribution in [0.1, 0.15) is 25.3 Å². The van der Waals surface area contributed by atoms with E-state index in [1.54, 1.807) is 0 Å². The maximum atomic E-state index is 10.7. The van der Waals surface area contributed by atoms with Crippen molar-refractivity contribution in [3.05, 3.63) is 29.8 Å². The Balaban J connectivity index is 2.32. The fraction of sp³-hybridized carbons (Fsp3) is 0.500. The minimum Gasteiger partial charge on any atom is -0.494 e. The number of hydrogen-bond acceptors (Lipinski definition) is 3. The van der Waals surface area contributed by atoms with E-state index in [9.17, 15) is 8.42 Å². The molecule has 1 rings (SSSR count). The molecule has 0 aliphatic rings. The molecule has 0 radical (unpaired) electrons. The summed E-state index contributed by atoms with van der Waals surface area (Å²) in [6.07, 6.45) is 2.59. The summed E-state index contributed by atoms with van der Waals surface area (Å²) >= 11 is 0. The van der Waals surface area contributed by atoms with E-state index < -0.39 is 10.0 Å². The lowest BCUT2D eigenvalue weighted by atomic mass is 10.1. The third kappa shape index (κ3) is 6.28. The van der Waals surface area contributed by atoms with Crippen LogP contribution in [0.3, 0.4) is 0 Å². The summed E-state index contributed by atoms with van der Waals surface area (Å²) in [5, 5.41) is 4.88. The number of rotatable bonds is 7. The van der Waals surface area contributed by atoms with E-state index in [2.05, 4.69) is 6.92 Å². The van der Waals surface area contributed by atoms with Crippen LogP contribution in [0.4, 0.5) is 0 Å². The average Bonchev–Trinajstić information content (AvgIpc) is 2.26. The van der Waals surface area contributed by atoms with Crippen LogP contribution in [0.2, 0.25) is 0 Å². The minimum absolute atomic E-state index is 0.0408. The Labute approximate surface area is 103 Å². The summed E-state index contributed by atoms with van der Waals surface area (Å²) in [7, 11) is -3.37. The van der Waals surface area contributed by atoms with Gasteiger partial charge in [0.05, 0.1) is 12.4 Å². The molecular weight excluding hydrogens is 238 g/mol. The Bertz CT molecular complexity index is 426. The van der Waals surface area contributed by atoms with Gasteiger partial charge in [0.1, 0.15) is 5.75 Å². The third-order valence-corrected chi connectivity index (χ3v) is 3.16. The van der Waals surface area contributed by atoms with Gasteiger partial charge in [-0.3, -0.25) is 0 Å². The predicted octanol–water partition coefficient (Wildman–Crippen LogP) is 1.70. The molecule has 2 N–H and O–H groups in total. The molecule has 1 aromatic carbocycles. The highest BCUT2D eigenvalue weighted by Gasteiger charge is 2.02. The molecule has 96 valence electrons. The van der Waals surface area contributed by atoms with Crippen LogP contribution in [-0.4, -0.2) is 20.8 Å². The van der Waals surface area contributed by atoms with Gasteiger partial charge in [-0.25, -0.2) is 13.6 Å². The molecule has 0 amide bonds. The standard InChI is InChI=1S/C12H19NO3S/c1-2-4-11-5-7-12(8-6-11)16-9-3-10-17(13,14)15/h5-8H,2-4,9-10H2,1H3,(H2,13,14,15). The normalized spacial score (nSPS) is 11.4. The van der Waals surface area contributed by atoms with Gasteiger partial charge in [0, 0.05) is 0 Å². The summed E-state index contributed by atoms with van der Waals surface area (Å²) in [5.41, 5.74) is 1.28. The van der Waals surface area contributed by atoms with E-state index in [4.69, 9.17) is 9.88 Å². The number of sulfonamides is 1. The third-order valence-electron chi connectivity index (χ3n) is 2.30. The van der Waals surface area contributed by atoms with Gasteiger partial charge < -0.3 is 4.74 Å². The molecule has 4 nitrogen and oxygen atoms in total. The first-order chi connectivity index (χ1) is 8.01. The van der Waals surface area contributed by atoms with Crippen LogP contribution in [-0.2, 0) is 16.4 Å². The number of aryl methyl sites for hydroxylation is 1. The van der Waals surface area contributed by atoms with E-state index in [1.165, 1.54) is 5.56 Å². The zero-order valence-electron chi connectivity index (χ0n) is 10.1. The summed E-state index contributed by atoms with van der Waals surface area (Å²) in [6.45, 7) is 2.50. The predicted molar refractivity (Wildman–Crippen MR) is 68.5 cm³/mol. The van der Waals surface area contributed by atoms with Crippen LogP contribution in [0.5, 0.6) is 5.75 Å². The highest BCUT2D eigenvalue weighted by molar-refractivity contribution is 7.89. The average molecular weight is 257 g/mol. The lowest BCUT2D eigenvalue weighted by Gasteiger charge is -2.06. The summed E-state index contributed by atoms with van der Waals surface area (Å²) in [6, 6.07) is 7.86. The first-order valence-electron chi connectivity index (χ1n) is 5.73. The number of hydrogen-bond donors (Lipinski definition) is 1. The highest BCUT2D eigenvalue weighted by atomic mass is 32.2. The van der Waals surface area contributed by atoms with E-state index in [0.29, 0.717) is 13.0 Å². The van der Waals surface area contributed by atoms with Gasteiger partial charge in [-0.2, -0.15) is 0 Å². The van der Waals surface area contributed by atoms with Crippen LogP contribution in [0, 0.1) is 0 Å². The van der Waals surface area contributed by atoms with Crippen molar-refractivity contribution >= 4 is 10.0 Å². The molecule has 17 heavy (non-hydrogen) atoms.